The van der Waals surface area contributed by atoms with E-state index in [0.29, 0.717) is 13.2 Å². The monoisotopic (exact) mass is 354 g/mol. The van der Waals surface area contributed by atoms with Gasteiger partial charge in [-0.1, -0.05) is 36.4 Å². The summed E-state index contributed by atoms with van der Waals surface area (Å²) in [6, 6.07) is 16.7. The topological polar surface area (TPSA) is 35.9 Å². The average Bonchev–Trinajstić information content (AvgIpc) is 2.65. The van der Waals surface area contributed by atoms with E-state index in [-0.39, 0.29) is 0 Å². The molecule has 4 heteroatoms. The molecule has 140 valence electrons. The van der Waals surface area contributed by atoms with Crippen LogP contribution in [0.4, 0.5) is 0 Å². The Morgan fingerprint density at radius 3 is 2.31 bits per heavy atom. The Bertz CT molecular complexity index is 682. The second kappa shape index (κ2) is 9.17. The number of hydrogen-bond donors (Lipinski definition) is 1. The molecule has 0 radical (unpaired) electrons. The number of aliphatic hydroxyl groups is 1. The molecule has 0 bridgehead atoms. The maximum absolute atomic E-state index is 10.3. The highest BCUT2D eigenvalue weighted by Crippen LogP contribution is 2.16. The Balaban J connectivity index is 1.37. The summed E-state index contributed by atoms with van der Waals surface area (Å²) < 4.78 is 5.76. The summed E-state index contributed by atoms with van der Waals surface area (Å²) in [6.07, 6.45) is -0.461. The van der Waals surface area contributed by atoms with Gasteiger partial charge >= 0.3 is 0 Å². The van der Waals surface area contributed by atoms with Crippen molar-refractivity contribution in [2.45, 2.75) is 26.5 Å². The molecule has 1 saturated heterocycles. The lowest BCUT2D eigenvalue weighted by molar-refractivity contribution is 0.0446. The molecule has 26 heavy (non-hydrogen) atoms. The number of β-amino-alcohol motifs (C(OH)–C–C–N with tert-alkyl or cyclic N) is 1. The molecule has 3 rings (SSSR count). The van der Waals surface area contributed by atoms with Gasteiger partial charge in [-0.2, -0.15) is 0 Å². The first kappa shape index (κ1) is 18.9. The molecule has 1 heterocycles. The molecule has 0 aromatic heterocycles. The molecular formula is C22H30N2O2. The summed E-state index contributed by atoms with van der Waals surface area (Å²) in [7, 11) is 0. The number of aliphatic hydroxyl groups excluding tert-OH is 1. The molecule has 1 aliphatic rings. The fourth-order valence-electron chi connectivity index (χ4n) is 3.32. The van der Waals surface area contributed by atoms with Crippen molar-refractivity contribution in [1.29, 1.82) is 0 Å². The first-order valence-electron chi connectivity index (χ1n) is 9.47. The lowest BCUT2D eigenvalue weighted by atomic mass is 10.1. The minimum absolute atomic E-state index is 0.340. The van der Waals surface area contributed by atoms with Crippen molar-refractivity contribution in [1.82, 2.24) is 9.80 Å². The second-order valence-corrected chi connectivity index (χ2v) is 7.27. The van der Waals surface area contributed by atoms with Gasteiger partial charge in [0.2, 0.25) is 0 Å². The largest absolute Gasteiger partial charge is 0.491 e. The third-order valence-corrected chi connectivity index (χ3v) is 5.10. The lowest BCUT2D eigenvalue weighted by Crippen LogP contribution is -2.48. The molecule has 1 fully saturated rings. The van der Waals surface area contributed by atoms with Crippen LogP contribution in [-0.4, -0.2) is 60.3 Å². The Labute approximate surface area is 157 Å². The van der Waals surface area contributed by atoms with Crippen molar-refractivity contribution in [3.63, 3.8) is 0 Å². The molecule has 0 saturated carbocycles. The van der Waals surface area contributed by atoms with Crippen LogP contribution in [0, 0.1) is 13.8 Å². The maximum atomic E-state index is 10.3. The molecule has 1 N–H and O–H groups in total. The van der Waals surface area contributed by atoms with E-state index in [1.165, 1.54) is 16.7 Å². The van der Waals surface area contributed by atoms with Crippen LogP contribution >= 0.6 is 0 Å². The van der Waals surface area contributed by atoms with E-state index in [2.05, 4.69) is 60.0 Å². The van der Waals surface area contributed by atoms with Gasteiger partial charge in [-0.3, -0.25) is 9.80 Å². The molecule has 0 amide bonds. The van der Waals surface area contributed by atoms with Gasteiger partial charge in [0.15, 0.2) is 0 Å². The van der Waals surface area contributed by atoms with Crippen LogP contribution in [-0.2, 0) is 6.54 Å². The predicted octanol–water partition coefficient (Wildman–Crippen LogP) is 2.86. The van der Waals surface area contributed by atoms with Gasteiger partial charge in [0, 0.05) is 39.3 Å². The van der Waals surface area contributed by atoms with Gasteiger partial charge in [0.05, 0.1) is 0 Å². The molecule has 0 spiro atoms. The minimum atomic E-state index is -0.461. The number of ether oxygens (including phenoxy) is 1. The summed E-state index contributed by atoms with van der Waals surface area (Å²) in [6.45, 7) is 10.3. The van der Waals surface area contributed by atoms with Crippen molar-refractivity contribution in [2.24, 2.45) is 0 Å². The van der Waals surface area contributed by atoms with E-state index < -0.39 is 6.10 Å². The Morgan fingerprint density at radius 2 is 1.62 bits per heavy atom. The van der Waals surface area contributed by atoms with E-state index in [1.54, 1.807) is 0 Å². The summed E-state index contributed by atoms with van der Waals surface area (Å²) in [5.74, 6) is 0.833. The highest BCUT2D eigenvalue weighted by atomic mass is 16.5. The predicted molar refractivity (Wildman–Crippen MR) is 106 cm³/mol. The van der Waals surface area contributed by atoms with E-state index in [9.17, 15) is 5.11 Å². The summed E-state index contributed by atoms with van der Waals surface area (Å²) in [4.78, 5) is 4.81. The zero-order valence-corrected chi connectivity index (χ0v) is 15.9. The SMILES string of the molecule is Cc1ccc(OC[C@@H](O)CN2CCN(Cc3ccccc3)CC2)cc1C. The molecule has 0 unspecified atom stereocenters. The maximum Gasteiger partial charge on any atom is 0.119 e. The first-order chi connectivity index (χ1) is 12.6. The van der Waals surface area contributed by atoms with Crippen molar-refractivity contribution < 1.29 is 9.84 Å². The second-order valence-electron chi connectivity index (χ2n) is 7.27. The Hall–Kier alpha value is -1.88. The van der Waals surface area contributed by atoms with E-state index in [4.69, 9.17) is 4.74 Å². The molecule has 4 nitrogen and oxygen atoms in total. The van der Waals surface area contributed by atoms with Crippen molar-refractivity contribution in [2.75, 3.05) is 39.3 Å². The fraction of sp³-hybridized carbons (Fsp3) is 0.455. The quantitative estimate of drug-likeness (QED) is 0.829. The van der Waals surface area contributed by atoms with Gasteiger partial charge in [0.1, 0.15) is 18.5 Å². The normalized spacial score (nSPS) is 17.2. The number of benzene rings is 2. The number of piperazine rings is 1. The average molecular weight is 354 g/mol. The first-order valence-corrected chi connectivity index (χ1v) is 9.47. The van der Waals surface area contributed by atoms with Crippen LogP contribution in [0.3, 0.4) is 0 Å². The smallest absolute Gasteiger partial charge is 0.119 e. The molecule has 2 aromatic rings. The van der Waals surface area contributed by atoms with Crippen LogP contribution < -0.4 is 4.74 Å². The number of nitrogens with zero attached hydrogens (tertiary/aromatic N) is 2. The van der Waals surface area contributed by atoms with Gasteiger partial charge in [-0.25, -0.2) is 0 Å². The lowest BCUT2D eigenvalue weighted by Gasteiger charge is -2.35. The summed E-state index contributed by atoms with van der Waals surface area (Å²) in [5, 5.41) is 10.3. The van der Waals surface area contributed by atoms with Gasteiger partial charge in [-0.15, -0.1) is 0 Å². The zero-order chi connectivity index (χ0) is 18.4. The minimum Gasteiger partial charge on any atom is -0.491 e. The molecule has 1 atom stereocenters. The van der Waals surface area contributed by atoms with E-state index in [0.717, 1.165) is 38.5 Å². The highest BCUT2D eigenvalue weighted by molar-refractivity contribution is 5.33. The molecule has 1 aliphatic heterocycles. The Morgan fingerprint density at radius 1 is 0.923 bits per heavy atom. The third-order valence-electron chi connectivity index (χ3n) is 5.10. The van der Waals surface area contributed by atoms with Crippen LogP contribution in [0.25, 0.3) is 0 Å². The summed E-state index contributed by atoms with van der Waals surface area (Å²) in [5.41, 5.74) is 3.83. The molecule has 0 aliphatic carbocycles. The number of hydrogen-bond acceptors (Lipinski definition) is 4. The van der Waals surface area contributed by atoms with Crippen LogP contribution in [0.2, 0.25) is 0 Å². The standard InChI is InChI=1S/C22H30N2O2/c1-18-8-9-22(14-19(18)2)26-17-21(25)16-24-12-10-23(11-13-24)15-20-6-4-3-5-7-20/h3-9,14,21,25H,10-13,15-17H2,1-2H3/t21-/m0/s1. The highest BCUT2D eigenvalue weighted by Gasteiger charge is 2.19. The number of aryl methyl sites for hydroxylation is 2. The van der Waals surface area contributed by atoms with Gasteiger partial charge in [0.25, 0.3) is 0 Å². The third kappa shape index (κ3) is 5.56. The van der Waals surface area contributed by atoms with Crippen LogP contribution in [0.1, 0.15) is 16.7 Å². The number of rotatable bonds is 7. The van der Waals surface area contributed by atoms with Crippen molar-refractivity contribution >= 4 is 0 Å². The van der Waals surface area contributed by atoms with Crippen molar-refractivity contribution in [3.05, 3.63) is 65.2 Å². The zero-order valence-electron chi connectivity index (χ0n) is 15.9. The van der Waals surface area contributed by atoms with E-state index >= 15 is 0 Å². The fourth-order valence-corrected chi connectivity index (χ4v) is 3.32. The summed E-state index contributed by atoms with van der Waals surface area (Å²) >= 11 is 0. The van der Waals surface area contributed by atoms with Gasteiger partial charge in [-0.05, 0) is 42.7 Å². The molecule has 2 aromatic carbocycles. The van der Waals surface area contributed by atoms with Gasteiger partial charge < -0.3 is 9.84 Å². The van der Waals surface area contributed by atoms with Crippen molar-refractivity contribution in [3.8, 4) is 5.75 Å². The molecular weight excluding hydrogens is 324 g/mol. The van der Waals surface area contributed by atoms with Crippen LogP contribution in [0.15, 0.2) is 48.5 Å². The van der Waals surface area contributed by atoms with Crippen LogP contribution in [0.5, 0.6) is 5.75 Å². The van der Waals surface area contributed by atoms with E-state index in [1.807, 2.05) is 12.1 Å². The Kier molecular flexibility index (Phi) is 6.67.